The highest BCUT2D eigenvalue weighted by molar-refractivity contribution is 6.36. The smallest absolute Gasteiger partial charge is 0.475 e. The van der Waals surface area contributed by atoms with Crippen LogP contribution in [0.5, 0.6) is 0 Å². The lowest BCUT2D eigenvalue weighted by molar-refractivity contribution is -0.192. The molecule has 39 heavy (non-hydrogen) atoms. The minimum Gasteiger partial charge on any atom is -0.475 e. The maximum atomic E-state index is 13.1. The van der Waals surface area contributed by atoms with E-state index in [-0.39, 0.29) is 18.1 Å². The summed E-state index contributed by atoms with van der Waals surface area (Å²) in [7, 11) is 1.72. The van der Waals surface area contributed by atoms with Crippen molar-refractivity contribution < 1.29 is 27.9 Å². The molecule has 3 aromatic heterocycles. The van der Waals surface area contributed by atoms with Gasteiger partial charge in [-0.2, -0.15) is 13.2 Å². The van der Waals surface area contributed by atoms with Crippen LogP contribution in [0.15, 0.2) is 42.6 Å². The predicted octanol–water partition coefficient (Wildman–Crippen LogP) is 5.08. The van der Waals surface area contributed by atoms with Crippen LogP contribution in [0, 0.1) is 13.8 Å². The maximum Gasteiger partial charge on any atom is 0.490 e. The molecule has 1 amide bonds. The number of imidazole rings is 1. The molecule has 0 saturated carbocycles. The van der Waals surface area contributed by atoms with E-state index in [0.717, 1.165) is 33.9 Å². The van der Waals surface area contributed by atoms with Gasteiger partial charge in [-0.05, 0) is 44.2 Å². The van der Waals surface area contributed by atoms with E-state index in [1.807, 2.05) is 38.1 Å². The first-order chi connectivity index (χ1) is 18.2. The summed E-state index contributed by atoms with van der Waals surface area (Å²) in [5, 5.41) is 8.13. The van der Waals surface area contributed by atoms with Gasteiger partial charge in [-0.25, -0.2) is 14.8 Å². The Morgan fingerprint density at radius 3 is 2.33 bits per heavy atom. The molecule has 0 unspecified atom stereocenters. The second kappa shape index (κ2) is 12.0. The van der Waals surface area contributed by atoms with Crippen LogP contribution >= 0.6 is 23.2 Å². The number of nitrogens with zero attached hydrogens (tertiary/aromatic N) is 5. The zero-order valence-electron chi connectivity index (χ0n) is 20.9. The lowest BCUT2D eigenvalue weighted by Crippen LogP contribution is -2.27. The third-order valence-corrected chi connectivity index (χ3v) is 6.01. The molecule has 0 spiro atoms. The van der Waals surface area contributed by atoms with Gasteiger partial charge in [0.15, 0.2) is 0 Å². The molecule has 3 heterocycles. The van der Waals surface area contributed by atoms with Crippen molar-refractivity contribution in [1.29, 1.82) is 0 Å². The fourth-order valence-corrected chi connectivity index (χ4v) is 4.17. The molecule has 0 saturated heterocycles. The van der Waals surface area contributed by atoms with Crippen LogP contribution in [0.3, 0.4) is 0 Å². The maximum absolute atomic E-state index is 13.1. The number of carboxylic acids is 1. The number of carboxylic acid groups (broad SMARTS) is 1. The second-order valence-corrected chi connectivity index (χ2v) is 9.23. The molecule has 0 atom stereocenters. The number of pyridine rings is 1. The molecule has 4 aromatic rings. The van der Waals surface area contributed by atoms with E-state index in [1.165, 1.54) is 0 Å². The molecule has 206 valence electrons. The van der Waals surface area contributed by atoms with E-state index >= 15 is 0 Å². The first kappa shape index (κ1) is 29.8. The lowest BCUT2D eigenvalue weighted by atomic mass is 10.0. The van der Waals surface area contributed by atoms with Crippen molar-refractivity contribution in [2.45, 2.75) is 33.1 Å². The number of fused-ring (bicyclic) bond motifs is 1. The van der Waals surface area contributed by atoms with Gasteiger partial charge in [-0.1, -0.05) is 29.3 Å². The molecule has 4 rings (SSSR count). The number of carbonyl (C=O) groups excluding carboxylic acids is 1. The van der Waals surface area contributed by atoms with E-state index in [9.17, 15) is 18.0 Å². The second-order valence-electron chi connectivity index (χ2n) is 8.38. The van der Waals surface area contributed by atoms with E-state index in [1.54, 1.807) is 34.7 Å². The summed E-state index contributed by atoms with van der Waals surface area (Å²) in [4.78, 5) is 37.1. The van der Waals surface area contributed by atoms with Crippen LogP contribution in [-0.4, -0.2) is 54.5 Å². The number of carbonyl (C=O) groups is 2. The van der Waals surface area contributed by atoms with E-state index < -0.39 is 12.1 Å². The Balaban J connectivity index is 0.000000532. The van der Waals surface area contributed by atoms with Gasteiger partial charge in [0, 0.05) is 47.3 Å². The summed E-state index contributed by atoms with van der Waals surface area (Å²) < 4.78 is 33.5. The average Bonchev–Trinajstić information content (AvgIpc) is 3.26. The van der Waals surface area contributed by atoms with Gasteiger partial charge < -0.3 is 15.7 Å². The average molecular weight is 583 g/mol. The summed E-state index contributed by atoms with van der Waals surface area (Å²) in [5.41, 5.74) is 11.0. The number of aliphatic carboxylic acids is 1. The van der Waals surface area contributed by atoms with Gasteiger partial charge in [0.25, 0.3) is 5.91 Å². The van der Waals surface area contributed by atoms with Crippen LogP contribution in [0.2, 0.25) is 10.0 Å². The molecular formula is C25H23Cl2F3N6O3. The summed E-state index contributed by atoms with van der Waals surface area (Å²) in [6, 6.07) is 11.0. The summed E-state index contributed by atoms with van der Waals surface area (Å²) in [6.45, 7) is 4.40. The number of nitrogens with two attached hydrogens (primary N) is 1. The molecule has 1 aromatic carbocycles. The number of aromatic nitrogens is 4. The Hall–Kier alpha value is -3.74. The molecule has 14 heteroatoms. The van der Waals surface area contributed by atoms with Crippen molar-refractivity contribution in [2.24, 2.45) is 5.73 Å². The van der Waals surface area contributed by atoms with Gasteiger partial charge in [-0.15, -0.1) is 0 Å². The zero-order valence-corrected chi connectivity index (χ0v) is 22.4. The number of amides is 1. The van der Waals surface area contributed by atoms with Crippen LogP contribution in [0.4, 0.5) is 13.2 Å². The van der Waals surface area contributed by atoms with Crippen molar-refractivity contribution in [3.8, 4) is 11.3 Å². The molecule has 3 N–H and O–H groups in total. The third-order valence-electron chi connectivity index (χ3n) is 5.46. The molecule has 0 aliphatic rings. The van der Waals surface area contributed by atoms with Crippen molar-refractivity contribution in [3.05, 3.63) is 81.0 Å². The molecule has 0 aliphatic carbocycles. The van der Waals surface area contributed by atoms with Gasteiger partial charge in [-0.3, -0.25) is 14.2 Å². The Morgan fingerprint density at radius 2 is 1.77 bits per heavy atom. The molecule has 0 aliphatic heterocycles. The summed E-state index contributed by atoms with van der Waals surface area (Å²) in [5.74, 6) is -2.60. The Kier molecular flexibility index (Phi) is 9.15. The van der Waals surface area contributed by atoms with Crippen molar-refractivity contribution in [3.63, 3.8) is 0 Å². The van der Waals surface area contributed by atoms with E-state index in [2.05, 4.69) is 15.0 Å². The largest absolute Gasteiger partial charge is 0.490 e. The summed E-state index contributed by atoms with van der Waals surface area (Å²) in [6.07, 6.45) is -3.41. The molecule has 0 radical (unpaired) electrons. The Bertz CT molecular complexity index is 1540. The van der Waals surface area contributed by atoms with Crippen LogP contribution in [0.25, 0.3) is 17.0 Å². The van der Waals surface area contributed by atoms with E-state index in [0.29, 0.717) is 22.4 Å². The van der Waals surface area contributed by atoms with Gasteiger partial charge in [0.1, 0.15) is 5.69 Å². The number of aryl methyl sites for hydroxylation is 2. The third kappa shape index (κ3) is 7.02. The fraction of sp³-hybridized carbons (Fsp3) is 0.240. The highest BCUT2D eigenvalue weighted by Gasteiger charge is 2.38. The van der Waals surface area contributed by atoms with Crippen LogP contribution < -0.4 is 5.73 Å². The topological polar surface area (TPSA) is 127 Å². The first-order valence-corrected chi connectivity index (χ1v) is 12.0. The SMILES string of the molecule is Cc1cccc(CN(C)C(=O)c2cn3c(-c4ccc(Cl)cc4Cl)c(CN)c(C)nc3n2)n1.O=C(O)C(F)(F)F. The Morgan fingerprint density at radius 1 is 1.10 bits per heavy atom. The quantitative estimate of drug-likeness (QED) is 0.336. The van der Waals surface area contributed by atoms with Crippen molar-refractivity contribution >= 4 is 40.9 Å². The van der Waals surface area contributed by atoms with Crippen molar-refractivity contribution in [1.82, 2.24) is 24.3 Å². The van der Waals surface area contributed by atoms with Gasteiger partial charge >= 0.3 is 12.1 Å². The monoisotopic (exact) mass is 582 g/mol. The highest BCUT2D eigenvalue weighted by atomic mass is 35.5. The lowest BCUT2D eigenvalue weighted by Gasteiger charge is -2.15. The predicted molar refractivity (Wildman–Crippen MR) is 140 cm³/mol. The normalized spacial score (nSPS) is 11.2. The highest BCUT2D eigenvalue weighted by Crippen LogP contribution is 2.34. The van der Waals surface area contributed by atoms with Gasteiger partial charge in [0.2, 0.25) is 5.78 Å². The zero-order chi connectivity index (χ0) is 29.1. The first-order valence-electron chi connectivity index (χ1n) is 11.2. The molecule has 9 nitrogen and oxygen atoms in total. The summed E-state index contributed by atoms with van der Waals surface area (Å²) >= 11 is 12.6. The van der Waals surface area contributed by atoms with E-state index in [4.69, 9.17) is 38.8 Å². The van der Waals surface area contributed by atoms with Crippen LogP contribution in [-0.2, 0) is 17.9 Å². The minimum atomic E-state index is -5.08. The fourth-order valence-electron chi connectivity index (χ4n) is 3.67. The Labute approximate surface area is 231 Å². The standard InChI is InChI=1S/C23H22Cl2N6O.C2HF3O2/c1-13-5-4-6-16(27-13)11-30(3)22(32)20-12-31-21(17-8-7-15(24)9-19(17)25)18(10-26)14(2)28-23(31)29-20;3-2(4,5)1(6)7/h4-9,12H,10-11,26H2,1-3H3;(H,6,7). The molecule has 0 bridgehead atoms. The number of halogens is 5. The minimum absolute atomic E-state index is 0.237. The van der Waals surface area contributed by atoms with Gasteiger partial charge in [0.05, 0.1) is 23.0 Å². The molecule has 0 fully saturated rings. The van der Waals surface area contributed by atoms with Crippen molar-refractivity contribution in [2.75, 3.05) is 7.05 Å². The number of hydrogen-bond donors (Lipinski definition) is 2. The number of benzene rings is 1. The number of hydrogen-bond acceptors (Lipinski definition) is 6. The number of alkyl halides is 3. The molecular weight excluding hydrogens is 560 g/mol. The number of rotatable bonds is 5. The van der Waals surface area contributed by atoms with Crippen LogP contribution in [0.1, 0.15) is 33.1 Å².